The number of hydrogen-bond acceptors (Lipinski definition) is 1. The van der Waals surface area contributed by atoms with Crippen LogP contribution in [0.25, 0.3) is 0 Å². The lowest BCUT2D eigenvalue weighted by Gasteiger charge is -2.26. The van der Waals surface area contributed by atoms with Crippen molar-refractivity contribution in [2.24, 2.45) is 0 Å². The van der Waals surface area contributed by atoms with E-state index in [0.29, 0.717) is 18.4 Å². The summed E-state index contributed by atoms with van der Waals surface area (Å²) in [5.41, 5.74) is 3.45. The number of rotatable bonds is 1. The van der Waals surface area contributed by atoms with Crippen LogP contribution in [-0.2, 0) is 12.0 Å². The summed E-state index contributed by atoms with van der Waals surface area (Å²) in [5, 5.41) is 11.0. The summed E-state index contributed by atoms with van der Waals surface area (Å²) < 4.78 is 13.8. The molecule has 2 aromatic rings. The largest absolute Gasteiger partial charge is 0.380 e. The van der Waals surface area contributed by atoms with Gasteiger partial charge in [0.1, 0.15) is 11.4 Å². The van der Waals surface area contributed by atoms with E-state index in [2.05, 4.69) is 6.07 Å². The highest BCUT2D eigenvalue weighted by Crippen LogP contribution is 2.43. The molecule has 0 spiro atoms. The van der Waals surface area contributed by atoms with Crippen LogP contribution in [0.1, 0.15) is 34.2 Å². The van der Waals surface area contributed by atoms with Crippen molar-refractivity contribution >= 4 is 0 Å². The molecule has 0 saturated carbocycles. The molecule has 1 N–H and O–H groups in total. The van der Waals surface area contributed by atoms with Gasteiger partial charge in [0.25, 0.3) is 0 Å². The summed E-state index contributed by atoms with van der Waals surface area (Å²) in [5.74, 6) is -0.210. The van der Waals surface area contributed by atoms with Gasteiger partial charge in [0.05, 0.1) is 0 Å². The molecular weight excluding hydrogens is 239 g/mol. The van der Waals surface area contributed by atoms with Crippen LogP contribution in [0.15, 0.2) is 36.4 Å². The van der Waals surface area contributed by atoms with Crippen LogP contribution >= 0.6 is 0 Å². The van der Waals surface area contributed by atoms with E-state index in [1.54, 1.807) is 6.07 Å². The van der Waals surface area contributed by atoms with Crippen molar-refractivity contribution in [2.75, 3.05) is 0 Å². The van der Waals surface area contributed by atoms with Crippen LogP contribution in [0.4, 0.5) is 4.39 Å². The normalized spacial score (nSPS) is 21.5. The predicted octanol–water partition coefficient (Wildman–Crippen LogP) is 3.62. The van der Waals surface area contributed by atoms with Crippen molar-refractivity contribution < 1.29 is 9.50 Å². The van der Waals surface area contributed by atoms with E-state index in [-0.39, 0.29) is 5.82 Å². The summed E-state index contributed by atoms with van der Waals surface area (Å²) in [7, 11) is 0. The van der Waals surface area contributed by atoms with Crippen molar-refractivity contribution in [3.05, 3.63) is 70.0 Å². The lowest BCUT2D eigenvalue weighted by molar-refractivity contribution is 0.0822. The lowest BCUT2D eigenvalue weighted by Crippen LogP contribution is -2.25. The van der Waals surface area contributed by atoms with E-state index < -0.39 is 5.60 Å². The van der Waals surface area contributed by atoms with E-state index >= 15 is 0 Å². The van der Waals surface area contributed by atoms with Gasteiger partial charge in [0, 0.05) is 0 Å². The summed E-state index contributed by atoms with van der Waals surface area (Å²) in [4.78, 5) is 0. The molecule has 2 aromatic carbocycles. The molecule has 19 heavy (non-hydrogen) atoms. The first kappa shape index (κ1) is 12.4. The molecule has 98 valence electrons. The number of fused-ring (bicyclic) bond motifs is 1. The number of benzene rings is 2. The van der Waals surface area contributed by atoms with Gasteiger partial charge in [-0.2, -0.15) is 0 Å². The highest BCUT2D eigenvalue weighted by atomic mass is 19.1. The first-order chi connectivity index (χ1) is 9.02. The van der Waals surface area contributed by atoms with E-state index in [1.165, 1.54) is 11.6 Å². The van der Waals surface area contributed by atoms with Gasteiger partial charge in [-0.3, -0.25) is 0 Å². The number of halogens is 1. The van der Waals surface area contributed by atoms with Gasteiger partial charge in [-0.05, 0) is 55.0 Å². The minimum atomic E-state index is -1.05. The lowest BCUT2D eigenvalue weighted by atomic mass is 9.84. The second kappa shape index (κ2) is 4.17. The van der Waals surface area contributed by atoms with Crippen LogP contribution in [-0.4, -0.2) is 5.11 Å². The average molecular weight is 256 g/mol. The Morgan fingerprint density at radius 3 is 2.63 bits per heavy atom. The molecule has 1 unspecified atom stereocenters. The van der Waals surface area contributed by atoms with Gasteiger partial charge in [0.15, 0.2) is 0 Å². The maximum Gasteiger partial charge on any atom is 0.126 e. The third kappa shape index (κ3) is 1.79. The van der Waals surface area contributed by atoms with Crippen molar-refractivity contribution in [3.8, 4) is 0 Å². The molecule has 3 rings (SSSR count). The molecule has 0 aliphatic heterocycles. The van der Waals surface area contributed by atoms with E-state index in [4.69, 9.17) is 0 Å². The Balaban J connectivity index is 2.19. The van der Waals surface area contributed by atoms with Gasteiger partial charge in [-0.1, -0.05) is 35.9 Å². The predicted molar refractivity (Wildman–Crippen MR) is 73.6 cm³/mol. The van der Waals surface area contributed by atoms with Crippen LogP contribution in [0, 0.1) is 19.7 Å². The summed E-state index contributed by atoms with van der Waals surface area (Å²) in [6.07, 6.45) is 1.14. The molecular formula is C17H17FO. The van der Waals surface area contributed by atoms with Gasteiger partial charge in [-0.25, -0.2) is 4.39 Å². The molecule has 0 amide bonds. The minimum Gasteiger partial charge on any atom is -0.380 e. The van der Waals surface area contributed by atoms with Crippen LogP contribution < -0.4 is 0 Å². The highest BCUT2D eigenvalue weighted by molar-refractivity contribution is 5.48. The Kier molecular flexibility index (Phi) is 2.72. The molecule has 1 atom stereocenters. The van der Waals surface area contributed by atoms with E-state index in [1.807, 2.05) is 32.0 Å². The molecule has 0 radical (unpaired) electrons. The van der Waals surface area contributed by atoms with Crippen LogP contribution in [0.3, 0.4) is 0 Å². The van der Waals surface area contributed by atoms with Crippen molar-refractivity contribution in [1.29, 1.82) is 0 Å². The third-order valence-electron chi connectivity index (χ3n) is 4.13. The fourth-order valence-corrected chi connectivity index (χ4v) is 3.20. The topological polar surface area (TPSA) is 20.2 Å². The fourth-order valence-electron chi connectivity index (χ4n) is 3.20. The molecule has 1 aliphatic rings. The first-order valence-corrected chi connectivity index (χ1v) is 6.60. The first-order valence-electron chi connectivity index (χ1n) is 6.60. The maximum atomic E-state index is 13.8. The molecule has 2 heteroatoms. The standard InChI is InChI=1S/C17H17FO/c1-11-6-7-14(12(2)10-11)17(19)9-8-13-15(17)4-3-5-16(13)18/h3-7,10,19H,8-9H2,1-2H3. The Morgan fingerprint density at radius 1 is 1.11 bits per heavy atom. The zero-order chi connectivity index (χ0) is 13.6. The Bertz CT molecular complexity index is 648. The fraction of sp³-hybridized carbons (Fsp3) is 0.294. The smallest absolute Gasteiger partial charge is 0.126 e. The van der Waals surface area contributed by atoms with Gasteiger partial charge < -0.3 is 5.11 Å². The van der Waals surface area contributed by atoms with Crippen LogP contribution in [0.2, 0.25) is 0 Å². The van der Waals surface area contributed by atoms with Gasteiger partial charge in [0.2, 0.25) is 0 Å². The molecule has 0 fully saturated rings. The average Bonchev–Trinajstić information content (AvgIpc) is 2.69. The van der Waals surface area contributed by atoms with Crippen molar-refractivity contribution in [1.82, 2.24) is 0 Å². The molecule has 1 nitrogen and oxygen atoms in total. The summed E-state index contributed by atoms with van der Waals surface area (Å²) >= 11 is 0. The number of aliphatic hydroxyl groups is 1. The van der Waals surface area contributed by atoms with E-state index in [0.717, 1.165) is 16.7 Å². The number of hydrogen-bond donors (Lipinski definition) is 1. The van der Waals surface area contributed by atoms with Gasteiger partial charge >= 0.3 is 0 Å². The summed E-state index contributed by atoms with van der Waals surface area (Å²) in [6, 6.07) is 11.0. The van der Waals surface area contributed by atoms with Gasteiger partial charge in [-0.15, -0.1) is 0 Å². The highest BCUT2D eigenvalue weighted by Gasteiger charge is 2.40. The van der Waals surface area contributed by atoms with E-state index in [9.17, 15) is 9.50 Å². The monoisotopic (exact) mass is 256 g/mol. The third-order valence-corrected chi connectivity index (χ3v) is 4.13. The SMILES string of the molecule is Cc1ccc(C2(O)CCc3c(F)cccc32)c(C)c1. The molecule has 0 saturated heterocycles. The Hall–Kier alpha value is -1.67. The zero-order valence-electron chi connectivity index (χ0n) is 11.2. The quantitative estimate of drug-likeness (QED) is 0.826. The Morgan fingerprint density at radius 2 is 1.89 bits per heavy atom. The molecule has 0 aromatic heterocycles. The minimum absolute atomic E-state index is 0.210. The second-order valence-corrected chi connectivity index (χ2v) is 5.44. The Labute approximate surface area is 112 Å². The number of aryl methyl sites for hydroxylation is 2. The van der Waals surface area contributed by atoms with Crippen molar-refractivity contribution in [3.63, 3.8) is 0 Å². The van der Waals surface area contributed by atoms with Crippen LogP contribution in [0.5, 0.6) is 0 Å². The summed E-state index contributed by atoms with van der Waals surface area (Å²) in [6.45, 7) is 4.03. The second-order valence-electron chi connectivity index (χ2n) is 5.44. The maximum absolute atomic E-state index is 13.8. The van der Waals surface area contributed by atoms with Crippen molar-refractivity contribution in [2.45, 2.75) is 32.3 Å². The zero-order valence-corrected chi connectivity index (χ0v) is 11.2. The molecule has 1 aliphatic carbocycles. The molecule has 0 bridgehead atoms. The molecule has 0 heterocycles.